The highest BCUT2D eigenvalue weighted by Crippen LogP contribution is 2.37. The molecule has 3 aromatic rings. The highest BCUT2D eigenvalue weighted by atomic mass is 16.7. The Hall–Kier alpha value is -2.79. The number of nitrogens with zero attached hydrogens (tertiary/aromatic N) is 2. The molecule has 2 aromatic carbocycles. The topological polar surface area (TPSA) is 50.4 Å². The van der Waals surface area contributed by atoms with Gasteiger partial charge in [0.25, 0.3) is 0 Å². The quantitative estimate of drug-likeness (QED) is 0.591. The van der Waals surface area contributed by atoms with Crippen LogP contribution in [-0.2, 0) is 6.54 Å². The Labute approximate surface area is 172 Å². The van der Waals surface area contributed by atoms with Crippen LogP contribution in [0.4, 0.5) is 0 Å². The molecule has 29 heavy (non-hydrogen) atoms. The van der Waals surface area contributed by atoms with Crippen LogP contribution in [0.5, 0.6) is 11.5 Å². The van der Waals surface area contributed by atoms with Crippen LogP contribution in [0.15, 0.2) is 48.7 Å². The van der Waals surface area contributed by atoms with E-state index >= 15 is 0 Å². The summed E-state index contributed by atoms with van der Waals surface area (Å²) >= 11 is 0. The van der Waals surface area contributed by atoms with Crippen LogP contribution < -0.4 is 9.47 Å². The van der Waals surface area contributed by atoms with E-state index in [1.54, 1.807) is 0 Å². The number of H-pyrrole nitrogens is 1. The Kier molecular flexibility index (Phi) is 5.58. The Morgan fingerprint density at radius 1 is 1.07 bits per heavy atom. The molecule has 0 saturated carbocycles. The fourth-order valence-electron chi connectivity index (χ4n) is 4.03. The van der Waals surface area contributed by atoms with Gasteiger partial charge in [0.05, 0.1) is 11.9 Å². The zero-order valence-corrected chi connectivity index (χ0v) is 17.6. The first kappa shape index (κ1) is 19.5. The van der Waals surface area contributed by atoms with Gasteiger partial charge in [-0.2, -0.15) is 5.10 Å². The molecule has 0 fully saturated rings. The summed E-state index contributed by atoms with van der Waals surface area (Å²) in [4.78, 5) is 2.54. The zero-order valence-electron chi connectivity index (χ0n) is 17.6. The van der Waals surface area contributed by atoms with Crippen molar-refractivity contribution in [3.05, 3.63) is 65.4 Å². The molecule has 1 aromatic heterocycles. The standard InChI is InChI=1S/C24H29N3O2/c1-16(2)13-27(18(4)21-8-6-5-7-17(21)3)14-20-12-25-26-24(20)19-9-10-22-23(11-19)29-15-28-22/h5-12,16,18H,13-15H2,1-4H3,(H,25,26). The summed E-state index contributed by atoms with van der Waals surface area (Å²) < 4.78 is 11.0. The van der Waals surface area contributed by atoms with E-state index in [1.807, 2.05) is 18.3 Å². The first-order valence-corrected chi connectivity index (χ1v) is 10.2. The predicted octanol–water partition coefficient (Wildman–Crippen LogP) is 5.33. The van der Waals surface area contributed by atoms with Gasteiger partial charge in [0.15, 0.2) is 11.5 Å². The van der Waals surface area contributed by atoms with Crippen molar-refractivity contribution in [2.45, 2.75) is 40.3 Å². The van der Waals surface area contributed by atoms with E-state index in [1.165, 1.54) is 16.7 Å². The summed E-state index contributed by atoms with van der Waals surface area (Å²) in [6.45, 7) is 11.2. The Bertz CT molecular complexity index is 980. The molecule has 1 aliphatic heterocycles. The molecular formula is C24H29N3O2. The van der Waals surface area contributed by atoms with Gasteiger partial charge in [-0.15, -0.1) is 0 Å². The normalized spacial score (nSPS) is 14.0. The van der Waals surface area contributed by atoms with Crippen LogP contribution in [0, 0.1) is 12.8 Å². The minimum atomic E-state index is 0.282. The van der Waals surface area contributed by atoms with E-state index in [4.69, 9.17) is 9.47 Å². The summed E-state index contributed by atoms with van der Waals surface area (Å²) in [5.41, 5.74) is 5.99. The third-order valence-corrected chi connectivity index (χ3v) is 5.54. The first-order valence-electron chi connectivity index (χ1n) is 10.2. The van der Waals surface area contributed by atoms with E-state index in [0.717, 1.165) is 35.8 Å². The summed E-state index contributed by atoms with van der Waals surface area (Å²) in [5, 5.41) is 7.54. The van der Waals surface area contributed by atoms with Gasteiger partial charge in [-0.1, -0.05) is 38.1 Å². The van der Waals surface area contributed by atoms with Gasteiger partial charge in [0.2, 0.25) is 6.79 Å². The third kappa shape index (κ3) is 4.15. The highest BCUT2D eigenvalue weighted by molar-refractivity contribution is 5.67. The molecule has 1 atom stereocenters. The number of ether oxygens (including phenoxy) is 2. The number of nitrogens with one attached hydrogen (secondary N) is 1. The van der Waals surface area contributed by atoms with Crippen molar-refractivity contribution in [2.75, 3.05) is 13.3 Å². The molecule has 2 heterocycles. The van der Waals surface area contributed by atoms with Crippen LogP contribution in [0.1, 0.15) is 43.5 Å². The second kappa shape index (κ2) is 8.29. The largest absolute Gasteiger partial charge is 0.454 e. The number of benzene rings is 2. The Balaban J connectivity index is 1.62. The fourth-order valence-corrected chi connectivity index (χ4v) is 4.03. The molecule has 0 amide bonds. The molecule has 0 aliphatic carbocycles. The van der Waals surface area contributed by atoms with E-state index in [2.05, 4.69) is 73.1 Å². The van der Waals surface area contributed by atoms with Crippen LogP contribution in [0.3, 0.4) is 0 Å². The molecule has 1 unspecified atom stereocenters. The Morgan fingerprint density at radius 2 is 1.86 bits per heavy atom. The van der Waals surface area contributed by atoms with Crippen molar-refractivity contribution in [1.29, 1.82) is 0 Å². The Morgan fingerprint density at radius 3 is 2.66 bits per heavy atom. The lowest BCUT2D eigenvalue weighted by Gasteiger charge is -2.32. The van der Waals surface area contributed by atoms with Crippen molar-refractivity contribution in [1.82, 2.24) is 15.1 Å². The lowest BCUT2D eigenvalue weighted by Crippen LogP contribution is -2.30. The molecule has 5 nitrogen and oxygen atoms in total. The SMILES string of the molecule is Cc1ccccc1C(C)N(Cc1cn[nH]c1-c1ccc2c(c1)OCO2)CC(C)C. The smallest absolute Gasteiger partial charge is 0.231 e. The van der Waals surface area contributed by atoms with Crippen LogP contribution in [0.25, 0.3) is 11.3 Å². The van der Waals surface area contributed by atoms with Crippen molar-refractivity contribution >= 4 is 0 Å². The van der Waals surface area contributed by atoms with Gasteiger partial charge in [-0.25, -0.2) is 0 Å². The lowest BCUT2D eigenvalue weighted by molar-refractivity contribution is 0.174. The number of hydrogen-bond acceptors (Lipinski definition) is 4. The van der Waals surface area contributed by atoms with Gasteiger partial charge in [-0.3, -0.25) is 10.00 Å². The number of aromatic nitrogens is 2. The van der Waals surface area contributed by atoms with Crippen molar-refractivity contribution < 1.29 is 9.47 Å². The number of rotatable bonds is 7. The van der Waals surface area contributed by atoms with Crippen LogP contribution in [0.2, 0.25) is 0 Å². The van der Waals surface area contributed by atoms with Crippen molar-refractivity contribution in [3.8, 4) is 22.8 Å². The molecule has 1 aliphatic rings. The molecule has 0 spiro atoms. The average molecular weight is 392 g/mol. The van der Waals surface area contributed by atoms with E-state index in [0.29, 0.717) is 12.0 Å². The summed E-state index contributed by atoms with van der Waals surface area (Å²) in [7, 11) is 0. The molecular weight excluding hydrogens is 362 g/mol. The van der Waals surface area contributed by atoms with Crippen molar-refractivity contribution in [3.63, 3.8) is 0 Å². The monoisotopic (exact) mass is 391 g/mol. The van der Waals surface area contributed by atoms with E-state index in [9.17, 15) is 0 Å². The zero-order chi connectivity index (χ0) is 20.4. The maximum Gasteiger partial charge on any atom is 0.231 e. The minimum absolute atomic E-state index is 0.282. The van der Waals surface area contributed by atoms with Gasteiger partial charge in [0, 0.05) is 30.3 Å². The molecule has 4 rings (SSSR count). The maximum atomic E-state index is 5.55. The molecule has 0 saturated heterocycles. The summed E-state index contributed by atoms with van der Waals surface area (Å²) in [5.74, 6) is 2.15. The summed E-state index contributed by atoms with van der Waals surface area (Å²) in [6.07, 6.45) is 1.94. The van der Waals surface area contributed by atoms with E-state index in [-0.39, 0.29) is 6.79 Å². The maximum absolute atomic E-state index is 5.55. The number of aryl methyl sites for hydroxylation is 1. The van der Waals surface area contributed by atoms with Gasteiger partial charge in [-0.05, 0) is 49.1 Å². The second-order valence-corrected chi connectivity index (χ2v) is 8.19. The number of fused-ring (bicyclic) bond motifs is 1. The molecule has 152 valence electrons. The molecule has 0 bridgehead atoms. The predicted molar refractivity (Wildman–Crippen MR) is 115 cm³/mol. The van der Waals surface area contributed by atoms with Crippen LogP contribution in [-0.4, -0.2) is 28.4 Å². The number of aromatic amines is 1. The van der Waals surface area contributed by atoms with Gasteiger partial charge < -0.3 is 9.47 Å². The van der Waals surface area contributed by atoms with E-state index < -0.39 is 0 Å². The first-order chi connectivity index (χ1) is 14.0. The molecule has 1 N–H and O–H groups in total. The molecule has 0 radical (unpaired) electrons. The highest BCUT2D eigenvalue weighted by Gasteiger charge is 2.22. The van der Waals surface area contributed by atoms with Crippen LogP contribution >= 0.6 is 0 Å². The third-order valence-electron chi connectivity index (χ3n) is 5.54. The van der Waals surface area contributed by atoms with Crippen molar-refractivity contribution in [2.24, 2.45) is 5.92 Å². The fraction of sp³-hybridized carbons (Fsp3) is 0.375. The second-order valence-electron chi connectivity index (χ2n) is 8.19. The average Bonchev–Trinajstić information content (AvgIpc) is 3.35. The van der Waals surface area contributed by atoms with Gasteiger partial charge >= 0.3 is 0 Å². The minimum Gasteiger partial charge on any atom is -0.454 e. The number of hydrogen-bond donors (Lipinski definition) is 1. The lowest BCUT2D eigenvalue weighted by atomic mass is 9.99. The molecule has 5 heteroatoms. The van der Waals surface area contributed by atoms with Gasteiger partial charge in [0.1, 0.15) is 0 Å². The summed E-state index contributed by atoms with van der Waals surface area (Å²) in [6, 6.07) is 15.0.